The van der Waals surface area contributed by atoms with Crippen LogP contribution in [-0.2, 0) is 4.74 Å². The van der Waals surface area contributed by atoms with Crippen molar-refractivity contribution in [1.29, 1.82) is 0 Å². The van der Waals surface area contributed by atoms with E-state index in [1.165, 1.54) is 6.20 Å². The molecule has 2 amide bonds. The molecule has 1 aliphatic heterocycles. The first-order valence-corrected chi connectivity index (χ1v) is 11.6. The topological polar surface area (TPSA) is 112 Å². The summed E-state index contributed by atoms with van der Waals surface area (Å²) in [4.78, 5) is 39.5. The van der Waals surface area contributed by atoms with E-state index in [9.17, 15) is 9.59 Å². The lowest BCUT2D eigenvalue weighted by Crippen LogP contribution is -2.50. The fourth-order valence-corrected chi connectivity index (χ4v) is 4.36. The maximum atomic E-state index is 13.5. The number of piperidine rings is 1. The third kappa shape index (κ3) is 5.17. The van der Waals surface area contributed by atoms with Crippen molar-refractivity contribution in [2.24, 2.45) is 0 Å². The van der Waals surface area contributed by atoms with Gasteiger partial charge in [-0.15, -0.1) is 0 Å². The Morgan fingerprint density at radius 1 is 1.30 bits per heavy atom. The summed E-state index contributed by atoms with van der Waals surface area (Å²) in [6.45, 7) is 7.07. The molecule has 174 valence electrons. The van der Waals surface area contributed by atoms with Gasteiger partial charge >= 0.3 is 6.09 Å². The average Bonchev–Trinajstić information content (AvgIpc) is 3.18. The van der Waals surface area contributed by atoms with Crippen LogP contribution in [0.2, 0.25) is 0 Å². The van der Waals surface area contributed by atoms with Crippen LogP contribution in [0, 0.1) is 0 Å². The Labute approximate surface area is 200 Å². The third-order valence-electron chi connectivity index (χ3n) is 5.27. The van der Waals surface area contributed by atoms with Crippen molar-refractivity contribution in [2.45, 2.75) is 45.3 Å². The molecule has 3 aromatic rings. The molecule has 3 aromatic heterocycles. The Kier molecular flexibility index (Phi) is 6.66. The molecule has 3 N–H and O–H groups in total. The Morgan fingerprint density at radius 3 is 2.79 bits per heavy atom. The summed E-state index contributed by atoms with van der Waals surface area (Å²) in [5.41, 5.74) is 1.43. The van der Waals surface area contributed by atoms with Crippen LogP contribution in [0.3, 0.4) is 0 Å². The van der Waals surface area contributed by atoms with Crippen molar-refractivity contribution in [3.63, 3.8) is 0 Å². The summed E-state index contributed by atoms with van der Waals surface area (Å²) in [7, 11) is 0. The number of hydrogen-bond donors (Lipinski definition) is 3. The minimum atomic E-state index is -0.661. The number of hydrogen-bond acceptors (Lipinski definition) is 6. The van der Waals surface area contributed by atoms with E-state index < -0.39 is 11.7 Å². The molecular weight excluding hydrogens is 488 g/mol. The highest BCUT2D eigenvalue weighted by atomic mass is 79.9. The van der Waals surface area contributed by atoms with Crippen molar-refractivity contribution in [3.8, 4) is 0 Å². The molecule has 0 saturated carbocycles. The number of pyridine rings is 2. The quantitative estimate of drug-likeness (QED) is 0.473. The van der Waals surface area contributed by atoms with E-state index in [1.807, 2.05) is 20.8 Å². The van der Waals surface area contributed by atoms with Crippen molar-refractivity contribution >= 4 is 50.3 Å². The zero-order valence-corrected chi connectivity index (χ0v) is 20.4. The zero-order chi connectivity index (χ0) is 23.6. The molecular formula is C23H27BrN6O3. The van der Waals surface area contributed by atoms with Gasteiger partial charge in [-0.2, -0.15) is 0 Å². The standard InChI is InChI=1S/C23H27BrN6O3/c1-23(2,3)33-22(32)30(15-7-5-9-26-11-15)19-16(24)12-27-20-18(19)17(13-28-20)29-21(31)14-6-4-8-25-10-14/h4,6,8,10,12-13,15,26H,5,7,9,11H2,1-3H3,(H,27,28)(H,29,31)/t15-/m1/s1. The van der Waals surface area contributed by atoms with Crippen LogP contribution in [0.4, 0.5) is 16.2 Å². The molecule has 1 saturated heterocycles. The van der Waals surface area contributed by atoms with E-state index in [0.717, 1.165) is 19.4 Å². The second kappa shape index (κ2) is 9.48. The first-order valence-electron chi connectivity index (χ1n) is 10.8. The molecule has 0 aromatic carbocycles. The van der Waals surface area contributed by atoms with Crippen LogP contribution in [-0.4, -0.2) is 51.7 Å². The number of amides is 2. The highest BCUT2D eigenvalue weighted by Gasteiger charge is 2.34. The second-order valence-electron chi connectivity index (χ2n) is 8.93. The summed E-state index contributed by atoms with van der Waals surface area (Å²) in [5, 5.41) is 6.92. The molecule has 10 heteroatoms. The molecule has 0 spiro atoms. The summed E-state index contributed by atoms with van der Waals surface area (Å²) in [6.07, 6.45) is 7.74. The largest absolute Gasteiger partial charge is 0.443 e. The van der Waals surface area contributed by atoms with Crippen LogP contribution in [0.25, 0.3) is 11.0 Å². The SMILES string of the molecule is CC(C)(C)OC(=O)N(c1c(Br)cnc2[nH]cc(NC(=O)c3cccnc3)c12)[C@@H]1CCCNC1. The summed E-state index contributed by atoms with van der Waals surface area (Å²) < 4.78 is 6.42. The summed E-state index contributed by atoms with van der Waals surface area (Å²) in [5.74, 6) is -0.307. The van der Waals surface area contributed by atoms with Crippen molar-refractivity contribution in [2.75, 3.05) is 23.3 Å². The van der Waals surface area contributed by atoms with E-state index in [4.69, 9.17) is 4.74 Å². The average molecular weight is 515 g/mol. The monoisotopic (exact) mass is 514 g/mol. The number of halogens is 1. The fraction of sp³-hybridized carbons (Fsp3) is 0.391. The van der Waals surface area contributed by atoms with E-state index in [2.05, 4.69) is 41.5 Å². The Balaban J connectivity index is 1.80. The molecule has 0 aliphatic carbocycles. The van der Waals surface area contributed by atoms with Gasteiger partial charge in [-0.3, -0.25) is 14.7 Å². The lowest BCUT2D eigenvalue weighted by molar-refractivity contribution is 0.0560. The number of aromatic amines is 1. The molecule has 4 heterocycles. The molecule has 1 fully saturated rings. The third-order valence-corrected chi connectivity index (χ3v) is 5.85. The molecule has 0 unspecified atom stereocenters. The molecule has 4 rings (SSSR count). The maximum absolute atomic E-state index is 13.5. The molecule has 33 heavy (non-hydrogen) atoms. The highest BCUT2D eigenvalue weighted by molar-refractivity contribution is 9.10. The van der Waals surface area contributed by atoms with Crippen molar-refractivity contribution in [3.05, 3.63) is 47.0 Å². The Morgan fingerprint density at radius 2 is 2.12 bits per heavy atom. The fourth-order valence-electron chi connectivity index (χ4n) is 3.87. The van der Waals surface area contributed by atoms with Gasteiger partial charge in [0.05, 0.1) is 32.8 Å². The zero-order valence-electron chi connectivity index (χ0n) is 18.8. The summed E-state index contributed by atoms with van der Waals surface area (Å²) >= 11 is 3.59. The van der Waals surface area contributed by atoms with E-state index >= 15 is 0 Å². The molecule has 1 aliphatic rings. The van der Waals surface area contributed by atoms with Gasteiger partial charge in [0.2, 0.25) is 0 Å². The minimum Gasteiger partial charge on any atom is -0.443 e. The van der Waals surface area contributed by atoms with Crippen LogP contribution in [0.15, 0.2) is 41.4 Å². The lowest BCUT2D eigenvalue weighted by Gasteiger charge is -2.36. The van der Waals surface area contributed by atoms with Gasteiger partial charge in [-0.05, 0) is 68.2 Å². The van der Waals surface area contributed by atoms with Gasteiger partial charge in [0, 0.05) is 31.3 Å². The molecule has 0 bridgehead atoms. The number of ether oxygens (including phenoxy) is 1. The lowest BCUT2D eigenvalue weighted by atomic mass is 10.0. The number of carbonyl (C=O) groups is 2. The van der Waals surface area contributed by atoms with Crippen LogP contribution in [0.5, 0.6) is 0 Å². The van der Waals surface area contributed by atoms with Gasteiger partial charge < -0.3 is 20.4 Å². The smallest absolute Gasteiger partial charge is 0.415 e. The van der Waals surface area contributed by atoms with Crippen LogP contribution in [0.1, 0.15) is 44.0 Å². The number of rotatable bonds is 4. The van der Waals surface area contributed by atoms with E-state index in [-0.39, 0.29) is 11.9 Å². The number of aromatic nitrogens is 3. The summed E-state index contributed by atoms with van der Waals surface area (Å²) in [6, 6.07) is 3.27. The molecule has 0 radical (unpaired) electrons. The van der Waals surface area contributed by atoms with Crippen molar-refractivity contribution < 1.29 is 14.3 Å². The van der Waals surface area contributed by atoms with Gasteiger partial charge in [0.15, 0.2) is 0 Å². The number of carbonyl (C=O) groups excluding carboxylic acids is 2. The van der Waals surface area contributed by atoms with Crippen LogP contribution >= 0.6 is 15.9 Å². The number of nitrogens with one attached hydrogen (secondary N) is 3. The van der Waals surface area contributed by atoms with Crippen LogP contribution < -0.4 is 15.5 Å². The van der Waals surface area contributed by atoms with Gasteiger partial charge in [0.1, 0.15) is 11.2 Å². The number of H-pyrrole nitrogens is 1. The first-order chi connectivity index (χ1) is 15.7. The predicted octanol–water partition coefficient (Wildman–Crippen LogP) is 4.47. The van der Waals surface area contributed by atoms with Crippen molar-refractivity contribution in [1.82, 2.24) is 20.3 Å². The van der Waals surface area contributed by atoms with Gasteiger partial charge in [-0.25, -0.2) is 9.78 Å². The number of nitrogens with zero attached hydrogens (tertiary/aromatic N) is 3. The second-order valence-corrected chi connectivity index (χ2v) is 9.78. The Bertz CT molecular complexity index is 1150. The minimum absolute atomic E-state index is 0.118. The maximum Gasteiger partial charge on any atom is 0.415 e. The number of anilines is 2. The molecule has 1 atom stereocenters. The van der Waals surface area contributed by atoms with Gasteiger partial charge in [-0.1, -0.05) is 0 Å². The normalized spacial score (nSPS) is 16.4. The highest BCUT2D eigenvalue weighted by Crippen LogP contribution is 2.40. The predicted molar refractivity (Wildman–Crippen MR) is 131 cm³/mol. The van der Waals surface area contributed by atoms with E-state index in [1.54, 1.807) is 35.6 Å². The van der Waals surface area contributed by atoms with Gasteiger partial charge in [0.25, 0.3) is 5.91 Å². The first kappa shape index (κ1) is 23.2. The van der Waals surface area contributed by atoms with E-state index in [0.29, 0.717) is 39.0 Å². The Hall–Kier alpha value is -2.98. The molecule has 9 nitrogen and oxygen atoms in total. The number of fused-ring (bicyclic) bond motifs is 1.